The van der Waals surface area contributed by atoms with E-state index in [9.17, 15) is 14.4 Å². The molecule has 3 aromatic rings. The van der Waals surface area contributed by atoms with E-state index in [4.69, 9.17) is 9.47 Å². The summed E-state index contributed by atoms with van der Waals surface area (Å²) in [4.78, 5) is 42.0. The van der Waals surface area contributed by atoms with E-state index >= 15 is 0 Å². The van der Waals surface area contributed by atoms with Gasteiger partial charge in [-0.3, -0.25) is 14.5 Å². The number of ether oxygens (including phenoxy) is 2. The van der Waals surface area contributed by atoms with Crippen LogP contribution in [0.25, 0.3) is 5.69 Å². The fourth-order valence-corrected chi connectivity index (χ4v) is 4.61. The zero-order chi connectivity index (χ0) is 25.4. The topological polar surface area (TPSA) is 132 Å². The fourth-order valence-electron chi connectivity index (χ4n) is 4.61. The smallest absolute Gasteiger partial charge is 0.325 e. The SMILES string of the molecule is COc1cc2c(cc1OC)CN(C(=O)CN1C(=O)N[C@](C)(c3cccc(-n4cnnn4)c3)C1=O)CC2. The second kappa shape index (κ2) is 8.95. The molecule has 0 aliphatic carbocycles. The number of nitrogens with zero attached hydrogens (tertiary/aromatic N) is 6. The van der Waals surface area contributed by atoms with Gasteiger partial charge in [-0.05, 0) is 64.7 Å². The van der Waals surface area contributed by atoms with Crippen LogP contribution in [0, 0.1) is 0 Å². The number of hydrogen-bond donors (Lipinski definition) is 1. The minimum atomic E-state index is -1.33. The van der Waals surface area contributed by atoms with Crippen molar-refractivity contribution in [1.82, 2.24) is 35.3 Å². The maximum absolute atomic E-state index is 13.4. The van der Waals surface area contributed by atoms with Gasteiger partial charge >= 0.3 is 6.03 Å². The Kier molecular flexibility index (Phi) is 5.78. The van der Waals surface area contributed by atoms with Crippen LogP contribution in [0.3, 0.4) is 0 Å². The van der Waals surface area contributed by atoms with Gasteiger partial charge in [-0.2, -0.15) is 0 Å². The van der Waals surface area contributed by atoms with Crippen LogP contribution < -0.4 is 14.8 Å². The van der Waals surface area contributed by atoms with Gasteiger partial charge in [-0.25, -0.2) is 9.48 Å². The first-order valence-corrected chi connectivity index (χ1v) is 11.3. The minimum Gasteiger partial charge on any atom is -0.493 e. The molecule has 186 valence electrons. The number of carbonyl (C=O) groups is 3. The van der Waals surface area contributed by atoms with Crippen LogP contribution >= 0.6 is 0 Å². The van der Waals surface area contributed by atoms with Crippen molar-refractivity contribution in [2.45, 2.75) is 25.4 Å². The number of hydrogen-bond acceptors (Lipinski definition) is 8. The number of nitrogens with one attached hydrogen (secondary N) is 1. The number of benzene rings is 2. The second-order valence-electron chi connectivity index (χ2n) is 8.79. The molecule has 2 aliphatic heterocycles. The van der Waals surface area contributed by atoms with Gasteiger partial charge in [0.2, 0.25) is 5.91 Å². The first kappa shape index (κ1) is 23.3. The fraction of sp³-hybridized carbons (Fsp3) is 0.333. The first-order valence-electron chi connectivity index (χ1n) is 11.3. The number of urea groups is 1. The predicted octanol–water partition coefficient (Wildman–Crippen LogP) is 1.03. The first-order chi connectivity index (χ1) is 17.3. The van der Waals surface area contributed by atoms with E-state index in [-0.39, 0.29) is 12.5 Å². The normalized spacial score (nSPS) is 19.2. The Hall–Kier alpha value is -4.48. The molecule has 1 fully saturated rings. The van der Waals surface area contributed by atoms with E-state index in [1.807, 2.05) is 12.1 Å². The lowest BCUT2D eigenvalue weighted by Crippen LogP contribution is -2.45. The Bertz CT molecular complexity index is 1340. The van der Waals surface area contributed by atoms with Gasteiger partial charge in [0.25, 0.3) is 5.91 Å². The van der Waals surface area contributed by atoms with E-state index in [2.05, 4.69) is 20.8 Å². The molecule has 1 saturated heterocycles. The zero-order valence-electron chi connectivity index (χ0n) is 20.1. The summed E-state index contributed by atoms with van der Waals surface area (Å²) in [6.45, 7) is 2.09. The molecule has 36 heavy (non-hydrogen) atoms. The number of carbonyl (C=O) groups excluding carboxylic acids is 3. The number of amides is 4. The summed E-state index contributed by atoms with van der Waals surface area (Å²) in [5.41, 5.74) is 1.86. The molecule has 2 aromatic carbocycles. The molecule has 0 unspecified atom stereocenters. The van der Waals surface area contributed by atoms with Crippen molar-refractivity contribution in [2.24, 2.45) is 0 Å². The highest BCUT2D eigenvalue weighted by Crippen LogP contribution is 2.34. The average Bonchev–Trinajstić information content (AvgIpc) is 3.51. The van der Waals surface area contributed by atoms with Crippen molar-refractivity contribution < 1.29 is 23.9 Å². The molecule has 12 nitrogen and oxygen atoms in total. The van der Waals surface area contributed by atoms with Crippen LogP contribution in [0.1, 0.15) is 23.6 Å². The van der Waals surface area contributed by atoms with Gasteiger partial charge in [0.05, 0.1) is 19.9 Å². The van der Waals surface area contributed by atoms with Gasteiger partial charge in [-0.1, -0.05) is 12.1 Å². The third-order valence-corrected chi connectivity index (χ3v) is 6.68. The molecular formula is C24H25N7O5. The molecule has 0 radical (unpaired) electrons. The summed E-state index contributed by atoms with van der Waals surface area (Å²) >= 11 is 0. The molecule has 1 atom stereocenters. The molecule has 0 bridgehead atoms. The summed E-state index contributed by atoms with van der Waals surface area (Å²) in [5, 5.41) is 13.9. The average molecular weight is 492 g/mol. The summed E-state index contributed by atoms with van der Waals surface area (Å²) in [7, 11) is 3.14. The van der Waals surface area contributed by atoms with Crippen LogP contribution in [0.2, 0.25) is 0 Å². The number of fused-ring (bicyclic) bond motifs is 1. The van der Waals surface area contributed by atoms with Crippen molar-refractivity contribution in [3.63, 3.8) is 0 Å². The lowest BCUT2D eigenvalue weighted by atomic mass is 9.91. The molecule has 4 amide bonds. The van der Waals surface area contributed by atoms with Gasteiger partial charge < -0.3 is 19.7 Å². The van der Waals surface area contributed by atoms with Crippen LogP contribution in [0.4, 0.5) is 4.79 Å². The third-order valence-electron chi connectivity index (χ3n) is 6.68. The van der Waals surface area contributed by atoms with Crippen LogP contribution in [-0.4, -0.2) is 75.2 Å². The Morgan fingerprint density at radius 3 is 2.56 bits per heavy atom. The quantitative estimate of drug-likeness (QED) is 0.506. The molecule has 2 aliphatic rings. The molecule has 12 heteroatoms. The van der Waals surface area contributed by atoms with Crippen molar-refractivity contribution >= 4 is 17.8 Å². The van der Waals surface area contributed by atoms with Crippen LogP contribution in [0.15, 0.2) is 42.7 Å². The summed E-state index contributed by atoms with van der Waals surface area (Å²) in [6, 6.07) is 10.2. The van der Waals surface area contributed by atoms with Gasteiger partial charge in [-0.15, -0.1) is 5.10 Å². The van der Waals surface area contributed by atoms with Crippen molar-refractivity contribution in [3.8, 4) is 17.2 Å². The number of methoxy groups -OCH3 is 2. The molecule has 5 rings (SSSR count). The van der Waals surface area contributed by atoms with Crippen molar-refractivity contribution in [1.29, 1.82) is 0 Å². The Morgan fingerprint density at radius 1 is 1.11 bits per heavy atom. The van der Waals surface area contributed by atoms with Gasteiger partial charge in [0, 0.05) is 13.1 Å². The lowest BCUT2D eigenvalue weighted by Gasteiger charge is -2.30. The predicted molar refractivity (Wildman–Crippen MR) is 125 cm³/mol. The molecule has 1 aromatic heterocycles. The monoisotopic (exact) mass is 491 g/mol. The number of imide groups is 1. The molecule has 0 spiro atoms. The van der Waals surface area contributed by atoms with E-state index in [1.165, 1.54) is 11.0 Å². The lowest BCUT2D eigenvalue weighted by molar-refractivity contribution is -0.139. The largest absolute Gasteiger partial charge is 0.493 e. The van der Waals surface area contributed by atoms with Crippen molar-refractivity contribution in [2.75, 3.05) is 27.3 Å². The Labute approximate surface area is 206 Å². The van der Waals surface area contributed by atoms with Gasteiger partial charge in [0.15, 0.2) is 11.5 Å². The van der Waals surface area contributed by atoms with Crippen molar-refractivity contribution in [3.05, 3.63) is 59.4 Å². The minimum absolute atomic E-state index is 0.314. The maximum atomic E-state index is 13.4. The molecule has 1 N–H and O–H groups in total. The second-order valence-corrected chi connectivity index (χ2v) is 8.79. The van der Waals surface area contributed by atoms with E-state index in [1.54, 1.807) is 50.3 Å². The van der Waals surface area contributed by atoms with Crippen LogP contribution in [0.5, 0.6) is 11.5 Å². The Balaban J connectivity index is 1.32. The van der Waals surface area contributed by atoms with E-state index in [0.717, 1.165) is 16.0 Å². The molecule has 0 saturated carbocycles. The maximum Gasteiger partial charge on any atom is 0.325 e. The highest BCUT2D eigenvalue weighted by Gasteiger charge is 2.50. The number of aromatic nitrogens is 4. The third kappa shape index (κ3) is 3.89. The van der Waals surface area contributed by atoms with E-state index < -0.39 is 17.5 Å². The molecule has 3 heterocycles. The number of rotatable bonds is 6. The van der Waals surface area contributed by atoms with Gasteiger partial charge in [0.1, 0.15) is 18.4 Å². The highest BCUT2D eigenvalue weighted by molar-refractivity contribution is 6.09. The summed E-state index contributed by atoms with van der Waals surface area (Å²) in [5.74, 6) is 0.405. The number of tetrazole rings is 1. The zero-order valence-corrected chi connectivity index (χ0v) is 20.1. The van der Waals surface area contributed by atoms with Crippen LogP contribution in [-0.2, 0) is 28.1 Å². The molecular weight excluding hydrogens is 466 g/mol. The summed E-state index contributed by atoms with van der Waals surface area (Å²) < 4.78 is 12.2. The van der Waals surface area contributed by atoms with E-state index in [0.29, 0.717) is 42.3 Å². The summed E-state index contributed by atoms with van der Waals surface area (Å²) in [6.07, 6.45) is 2.06. The highest BCUT2D eigenvalue weighted by atomic mass is 16.5. The Morgan fingerprint density at radius 2 is 1.86 bits per heavy atom. The standard InChI is InChI=1S/C24H25N7O5/c1-24(17-5-4-6-18(11-17)31-14-25-27-28-31)22(33)30(23(34)26-24)13-21(32)29-8-7-15-9-19(35-2)20(36-3)10-16(15)12-29/h4-6,9-11,14H,7-8,12-13H2,1-3H3,(H,26,34)/t24-/m1/s1.